The highest BCUT2D eigenvalue weighted by atomic mass is 32.1. The van der Waals surface area contributed by atoms with Gasteiger partial charge in [0, 0.05) is 36.2 Å². The molecule has 150 valence electrons. The van der Waals surface area contributed by atoms with Gasteiger partial charge in [-0.3, -0.25) is 0 Å². The van der Waals surface area contributed by atoms with Crippen molar-refractivity contribution in [2.75, 3.05) is 26.1 Å². The fourth-order valence-electron chi connectivity index (χ4n) is 3.71. The summed E-state index contributed by atoms with van der Waals surface area (Å²) in [4.78, 5) is 2.13. The van der Waals surface area contributed by atoms with Gasteiger partial charge in [-0.2, -0.15) is 0 Å². The van der Waals surface area contributed by atoms with Crippen LogP contribution in [0.5, 0.6) is 11.5 Å². The minimum atomic E-state index is -0.281. The maximum atomic E-state index is 13.2. The molecule has 0 aliphatic carbocycles. The summed E-state index contributed by atoms with van der Waals surface area (Å²) in [6, 6.07) is 15.9. The summed E-state index contributed by atoms with van der Waals surface area (Å²) in [5, 5.41) is 3.81. The van der Waals surface area contributed by atoms with Crippen molar-refractivity contribution >= 4 is 23.0 Å². The van der Waals surface area contributed by atoms with Gasteiger partial charge in [0.05, 0.1) is 14.2 Å². The van der Waals surface area contributed by atoms with Crippen LogP contribution in [0.25, 0.3) is 0 Å². The van der Waals surface area contributed by atoms with E-state index in [1.807, 2.05) is 24.3 Å². The Labute approximate surface area is 174 Å². The Morgan fingerprint density at radius 1 is 1.07 bits per heavy atom. The number of ether oxygens (including phenoxy) is 2. The first-order chi connectivity index (χ1) is 14.1. The van der Waals surface area contributed by atoms with Crippen molar-refractivity contribution in [2.24, 2.45) is 0 Å². The lowest BCUT2D eigenvalue weighted by atomic mass is 9.99. The van der Waals surface area contributed by atoms with Crippen molar-refractivity contribution in [2.45, 2.75) is 12.6 Å². The summed E-state index contributed by atoms with van der Waals surface area (Å²) in [5.74, 6) is 1.23. The smallest absolute Gasteiger partial charge is 0.174 e. The Morgan fingerprint density at radius 3 is 2.59 bits per heavy atom. The molecule has 0 bridgehead atoms. The number of nitrogens with zero attached hydrogens (tertiary/aromatic N) is 2. The first-order valence-electron chi connectivity index (χ1n) is 9.31. The molecule has 2 aromatic carbocycles. The maximum absolute atomic E-state index is 13.2. The van der Waals surface area contributed by atoms with Gasteiger partial charge >= 0.3 is 0 Å². The zero-order valence-electron chi connectivity index (χ0n) is 16.3. The molecule has 1 atom stereocenters. The quantitative estimate of drug-likeness (QED) is 0.643. The Morgan fingerprint density at radius 2 is 1.86 bits per heavy atom. The lowest BCUT2D eigenvalue weighted by Crippen LogP contribution is -2.44. The van der Waals surface area contributed by atoms with Gasteiger partial charge in [-0.25, -0.2) is 4.39 Å². The molecule has 0 unspecified atom stereocenters. The minimum Gasteiger partial charge on any atom is -0.497 e. The molecular formula is C22H22FN3O2S. The number of nitrogens with one attached hydrogen (secondary N) is 1. The van der Waals surface area contributed by atoms with Crippen molar-refractivity contribution in [1.82, 2.24) is 9.47 Å². The number of benzene rings is 2. The van der Waals surface area contributed by atoms with Crippen molar-refractivity contribution in [3.8, 4) is 11.5 Å². The molecule has 1 aliphatic rings. The summed E-state index contributed by atoms with van der Waals surface area (Å²) in [6.07, 6.45) is 2.07. The number of fused-ring (bicyclic) bond motifs is 1. The second-order valence-electron chi connectivity index (χ2n) is 6.77. The molecule has 1 aliphatic heterocycles. The van der Waals surface area contributed by atoms with E-state index in [-0.39, 0.29) is 11.9 Å². The average Bonchev–Trinajstić information content (AvgIpc) is 3.23. The first-order valence-corrected chi connectivity index (χ1v) is 9.71. The van der Waals surface area contributed by atoms with Gasteiger partial charge in [0.2, 0.25) is 0 Å². The van der Waals surface area contributed by atoms with Crippen molar-refractivity contribution in [3.63, 3.8) is 0 Å². The zero-order valence-corrected chi connectivity index (χ0v) is 17.1. The second kappa shape index (κ2) is 8.13. The van der Waals surface area contributed by atoms with Gasteiger partial charge in [0.25, 0.3) is 0 Å². The fourth-order valence-corrected chi connectivity index (χ4v) is 4.03. The van der Waals surface area contributed by atoms with E-state index in [4.69, 9.17) is 21.7 Å². The molecule has 0 amide bonds. The van der Waals surface area contributed by atoms with Crippen molar-refractivity contribution < 1.29 is 13.9 Å². The molecule has 0 radical (unpaired) electrons. The summed E-state index contributed by atoms with van der Waals surface area (Å²) in [7, 11) is 3.31. The van der Waals surface area contributed by atoms with Crippen molar-refractivity contribution in [3.05, 3.63) is 77.9 Å². The highest BCUT2D eigenvalue weighted by Crippen LogP contribution is 2.39. The number of hydrogen-bond donors (Lipinski definition) is 1. The van der Waals surface area contributed by atoms with Crippen LogP contribution in [-0.2, 0) is 6.54 Å². The minimum absolute atomic E-state index is 0.149. The van der Waals surface area contributed by atoms with Crippen LogP contribution in [-0.4, -0.2) is 35.3 Å². The number of rotatable bonds is 4. The molecule has 0 spiro atoms. The van der Waals surface area contributed by atoms with E-state index >= 15 is 0 Å². The van der Waals surface area contributed by atoms with Gasteiger partial charge < -0.3 is 24.3 Å². The fraction of sp³-hybridized carbons (Fsp3) is 0.227. The SMILES string of the molecule is COc1ccc(OC)c([C@H]2c3cccn3CCN2C(=S)Nc2ccc(F)cc2)c1. The number of hydrogen-bond acceptors (Lipinski definition) is 3. The van der Waals surface area contributed by atoms with Crippen LogP contribution in [0.15, 0.2) is 60.8 Å². The van der Waals surface area contributed by atoms with Crippen LogP contribution in [0.3, 0.4) is 0 Å². The molecule has 5 nitrogen and oxygen atoms in total. The van der Waals surface area contributed by atoms with Crippen LogP contribution >= 0.6 is 12.2 Å². The van der Waals surface area contributed by atoms with E-state index in [0.29, 0.717) is 5.11 Å². The highest BCUT2D eigenvalue weighted by molar-refractivity contribution is 7.80. The molecule has 1 N–H and O–H groups in total. The molecule has 0 saturated heterocycles. The summed E-state index contributed by atoms with van der Waals surface area (Å²) in [5.41, 5.74) is 2.83. The van der Waals surface area contributed by atoms with E-state index < -0.39 is 0 Å². The van der Waals surface area contributed by atoms with Crippen LogP contribution in [0.4, 0.5) is 10.1 Å². The van der Waals surface area contributed by atoms with Gasteiger partial charge in [-0.05, 0) is 66.8 Å². The van der Waals surface area contributed by atoms with E-state index in [1.54, 1.807) is 26.4 Å². The van der Waals surface area contributed by atoms with Gasteiger partial charge in [0.1, 0.15) is 23.4 Å². The molecule has 4 rings (SSSR count). The normalized spacial score (nSPS) is 15.6. The zero-order chi connectivity index (χ0) is 20.4. The molecule has 7 heteroatoms. The molecule has 1 aromatic heterocycles. The lowest BCUT2D eigenvalue weighted by molar-refractivity contribution is 0.284. The molecule has 2 heterocycles. The molecule has 29 heavy (non-hydrogen) atoms. The number of anilines is 1. The van der Waals surface area contributed by atoms with Gasteiger partial charge in [0.15, 0.2) is 5.11 Å². The third-order valence-corrected chi connectivity index (χ3v) is 5.46. The van der Waals surface area contributed by atoms with E-state index in [1.165, 1.54) is 12.1 Å². The van der Waals surface area contributed by atoms with Gasteiger partial charge in [-0.15, -0.1) is 0 Å². The third-order valence-electron chi connectivity index (χ3n) is 5.13. The number of thiocarbonyl (C=S) groups is 1. The molecule has 0 fully saturated rings. The average molecular weight is 412 g/mol. The largest absolute Gasteiger partial charge is 0.497 e. The summed E-state index contributed by atoms with van der Waals surface area (Å²) < 4.78 is 26.6. The molecule has 0 saturated carbocycles. The number of aromatic nitrogens is 1. The maximum Gasteiger partial charge on any atom is 0.174 e. The highest BCUT2D eigenvalue weighted by Gasteiger charge is 2.33. The molecular weight excluding hydrogens is 389 g/mol. The summed E-state index contributed by atoms with van der Waals surface area (Å²) in [6.45, 7) is 1.54. The Balaban J connectivity index is 1.73. The monoisotopic (exact) mass is 411 g/mol. The van der Waals surface area contributed by atoms with Crippen LogP contribution in [0, 0.1) is 5.82 Å². The third kappa shape index (κ3) is 3.78. The van der Waals surface area contributed by atoms with Crippen LogP contribution in [0.1, 0.15) is 17.3 Å². The van der Waals surface area contributed by atoms with Crippen LogP contribution in [0.2, 0.25) is 0 Å². The Hall–Kier alpha value is -3.06. The van der Waals surface area contributed by atoms with E-state index in [2.05, 4.69) is 27.0 Å². The second-order valence-corrected chi connectivity index (χ2v) is 7.15. The molecule has 3 aromatic rings. The van der Waals surface area contributed by atoms with E-state index in [0.717, 1.165) is 41.5 Å². The van der Waals surface area contributed by atoms with Crippen molar-refractivity contribution in [1.29, 1.82) is 0 Å². The Bertz CT molecular complexity index is 1020. The topological polar surface area (TPSA) is 38.7 Å². The predicted molar refractivity (Wildman–Crippen MR) is 115 cm³/mol. The van der Waals surface area contributed by atoms with Crippen LogP contribution < -0.4 is 14.8 Å². The van der Waals surface area contributed by atoms with E-state index in [9.17, 15) is 4.39 Å². The standard InChI is InChI=1S/C22H22FN3O2S/c1-27-17-9-10-20(28-2)18(14-17)21-19-4-3-11-25(19)12-13-26(21)22(29)24-16-7-5-15(23)6-8-16/h3-11,14,21H,12-13H2,1-2H3,(H,24,29)/t21-/m0/s1. The predicted octanol–water partition coefficient (Wildman–Crippen LogP) is 4.45. The number of methoxy groups -OCH3 is 2. The Kier molecular flexibility index (Phi) is 5.40. The first kappa shape index (κ1) is 19.3. The summed E-state index contributed by atoms with van der Waals surface area (Å²) >= 11 is 5.75. The lowest BCUT2D eigenvalue weighted by Gasteiger charge is -2.39. The van der Waals surface area contributed by atoms with Gasteiger partial charge in [-0.1, -0.05) is 0 Å². The number of halogens is 1.